The standard InChI is InChI=1S/C21H32N4O2S/c1-2-27-19-9-7-18(8-10-19)22-21(28)25-15-13-23(14-16-25)17-20(26)24-11-5-3-4-6-12-24/h7-10H,2-6,11-17H2,1H3,(H,22,28). The molecule has 7 heteroatoms. The van der Waals surface area contributed by atoms with Gasteiger partial charge < -0.3 is 19.9 Å². The van der Waals surface area contributed by atoms with E-state index in [2.05, 4.69) is 20.0 Å². The smallest absolute Gasteiger partial charge is 0.236 e. The lowest BCUT2D eigenvalue weighted by atomic mass is 10.2. The van der Waals surface area contributed by atoms with E-state index in [-0.39, 0.29) is 5.91 Å². The highest BCUT2D eigenvalue weighted by molar-refractivity contribution is 7.80. The van der Waals surface area contributed by atoms with Gasteiger partial charge in [0.05, 0.1) is 13.2 Å². The summed E-state index contributed by atoms with van der Waals surface area (Å²) in [5.74, 6) is 1.15. The highest BCUT2D eigenvalue weighted by Gasteiger charge is 2.23. The lowest BCUT2D eigenvalue weighted by Gasteiger charge is -2.36. The number of hydrogen-bond donors (Lipinski definition) is 1. The molecule has 2 saturated heterocycles. The van der Waals surface area contributed by atoms with Crippen LogP contribution in [0.4, 0.5) is 5.69 Å². The third kappa shape index (κ3) is 6.07. The average molecular weight is 405 g/mol. The molecule has 28 heavy (non-hydrogen) atoms. The number of amides is 1. The first kappa shape index (κ1) is 20.9. The van der Waals surface area contributed by atoms with Crippen LogP contribution in [0.2, 0.25) is 0 Å². The lowest BCUT2D eigenvalue weighted by Crippen LogP contribution is -2.52. The van der Waals surface area contributed by atoms with Crippen LogP contribution in [0.25, 0.3) is 0 Å². The van der Waals surface area contributed by atoms with Crippen LogP contribution in [0.1, 0.15) is 32.6 Å². The van der Waals surface area contributed by atoms with Crippen LogP contribution in [0.3, 0.4) is 0 Å². The molecule has 0 aromatic heterocycles. The minimum atomic E-state index is 0.283. The number of ether oxygens (including phenoxy) is 1. The van der Waals surface area contributed by atoms with E-state index in [0.29, 0.717) is 13.2 Å². The van der Waals surface area contributed by atoms with Gasteiger partial charge in [-0.3, -0.25) is 9.69 Å². The summed E-state index contributed by atoms with van der Waals surface area (Å²) >= 11 is 5.57. The van der Waals surface area contributed by atoms with Crippen LogP contribution in [0.5, 0.6) is 5.75 Å². The molecule has 0 unspecified atom stereocenters. The molecular formula is C21H32N4O2S. The maximum absolute atomic E-state index is 12.6. The summed E-state index contributed by atoms with van der Waals surface area (Å²) < 4.78 is 5.47. The van der Waals surface area contributed by atoms with Crippen molar-refractivity contribution in [3.05, 3.63) is 24.3 Å². The summed E-state index contributed by atoms with van der Waals surface area (Å²) in [5.41, 5.74) is 0.965. The largest absolute Gasteiger partial charge is 0.494 e. The Morgan fingerprint density at radius 2 is 1.61 bits per heavy atom. The van der Waals surface area contributed by atoms with E-state index in [0.717, 1.165) is 68.7 Å². The van der Waals surface area contributed by atoms with Crippen molar-refractivity contribution < 1.29 is 9.53 Å². The van der Waals surface area contributed by atoms with Crippen LogP contribution in [-0.4, -0.2) is 78.1 Å². The molecule has 3 rings (SSSR count). The minimum Gasteiger partial charge on any atom is -0.494 e. The Morgan fingerprint density at radius 1 is 0.964 bits per heavy atom. The Morgan fingerprint density at radius 3 is 2.21 bits per heavy atom. The molecule has 1 aromatic carbocycles. The number of carbonyl (C=O) groups excluding carboxylic acids is 1. The van der Waals surface area contributed by atoms with Crippen molar-refractivity contribution in [1.82, 2.24) is 14.7 Å². The fraction of sp³-hybridized carbons (Fsp3) is 0.619. The Bertz CT molecular complexity index is 636. The molecule has 1 aromatic rings. The number of piperazine rings is 1. The van der Waals surface area contributed by atoms with Gasteiger partial charge in [0.25, 0.3) is 0 Å². The van der Waals surface area contributed by atoms with Crippen LogP contribution in [-0.2, 0) is 4.79 Å². The second-order valence-corrected chi connectivity index (χ2v) is 7.83. The third-order valence-electron chi connectivity index (χ3n) is 5.39. The molecule has 0 aliphatic carbocycles. The minimum absolute atomic E-state index is 0.283. The maximum atomic E-state index is 12.6. The van der Waals surface area contributed by atoms with Crippen LogP contribution < -0.4 is 10.1 Å². The van der Waals surface area contributed by atoms with Crippen molar-refractivity contribution in [2.75, 3.05) is 57.7 Å². The average Bonchev–Trinajstić information content (AvgIpc) is 3.00. The van der Waals surface area contributed by atoms with E-state index < -0.39 is 0 Å². The maximum Gasteiger partial charge on any atom is 0.236 e. The molecule has 0 spiro atoms. The summed E-state index contributed by atoms with van der Waals surface area (Å²) in [6.07, 6.45) is 4.79. The number of thiocarbonyl (C=S) groups is 1. The fourth-order valence-electron chi connectivity index (χ4n) is 3.72. The van der Waals surface area contributed by atoms with E-state index in [1.165, 1.54) is 12.8 Å². The molecule has 2 aliphatic rings. The summed E-state index contributed by atoms with van der Waals surface area (Å²) in [6.45, 7) is 8.44. The van der Waals surface area contributed by atoms with Gasteiger partial charge in [0, 0.05) is 45.0 Å². The van der Waals surface area contributed by atoms with Gasteiger partial charge in [-0.25, -0.2) is 0 Å². The second-order valence-electron chi connectivity index (χ2n) is 7.45. The van der Waals surface area contributed by atoms with E-state index >= 15 is 0 Å². The SMILES string of the molecule is CCOc1ccc(NC(=S)N2CCN(CC(=O)N3CCCCCC3)CC2)cc1. The molecule has 2 aliphatic heterocycles. The summed E-state index contributed by atoms with van der Waals surface area (Å²) in [6, 6.07) is 7.85. The quantitative estimate of drug-likeness (QED) is 0.762. The first-order chi connectivity index (χ1) is 13.7. The number of hydrogen-bond acceptors (Lipinski definition) is 4. The van der Waals surface area contributed by atoms with Crippen LogP contribution in [0.15, 0.2) is 24.3 Å². The van der Waals surface area contributed by atoms with Gasteiger partial charge in [0.15, 0.2) is 5.11 Å². The van der Waals surface area contributed by atoms with Crippen molar-refractivity contribution >= 4 is 28.9 Å². The van der Waals surface area contributed by atoms with Gasteiger partial charge in [-0.15, -0.1) is 0 Å². The number of nitrogens with zero attached hydrogens (tertiary/aromatic N) is 3. The van der Waals surface area contributed by atoms with Crippen molar-refractivity contribution in [2.45, 2.75) is 32.6 Å². The molecular weight excluding hydrogens is 372 g/mol. The zero-order chi connectivity index (χ0) is 19.8. The summed E-state index contributed by atoms with van der Waals surface area (Å²) in [5, 5.41) is 4.04. The Labute approximate surface area is 173 Å². The number of rotatable bonds is 5. The number of carbonyl (C=O) groups is 1. The van der Waals surface area contributed by atoms with E-state index in [1.54, 1.807) is 0 Å². The number of nitrogens with one attached hydrogen (secondary N) is 1. The zero-order valence-electron chi connectivity index (χ0n) is 16.9. The highest BCUT2D eigenvalue weighted by Crippen LogP contribution is 2.17. The van der Waals surface area contributed by atoms with Crippen molar-refractivity contribution in [3.8, 4) is 5.75 Å². The third-order valence-corrected chi connectivity index (χ3v) is 5.75. The summed E-state index contributed by atoms with van der Waals surface area (Å²) in [7, 11) is 0. The van der Waals surface area contributed by atoms with E-state index in [9.17, 15) is 4.79 Å². The Kier molecular flexibility index (Phi) is 7.91. The van der Waals surface area contributed by atoms with Gasteiger partial charge in [-0.05, 0) is 56.2 Å². The topological polar surface area (TPSA) is 48.1 Å². The molecule has 0 radical (unpaired) electrons. The van der Waals surface area contributed by atoms with Crippen LogP contribution >= 0.6 is 12.2 Å². The van der Waals surface area contributed by atoms with Crippen molar-refractivity contribution in [3.63, 3.8) is 0 Å². The van der Waals surface area contributed by atoms with Gasteiger partial charge in [0.1, 0.15) is 5.75 Å². The van der Waals surface area contributed by atoms with E-state index in [1.807, 2.05) is 31.2 Å². The molecule has 1 N–H and O–H groups in total. The molecule has 6 nitrogen and oxygen atoms in total. The Hall–Kier alpha value is -1.86. The number of likely N-dealkylation sites (tertiary alicyclic amines) is 1. The van der Waals surface area contributed by atoms with Gasteiger partial charge in [0.2, 0.25) is 5.91 Å². The molecule has 2 heterocycles. The first-order valence-electron chi connectivity index (χ1n) is 10.4. The molecule has 1 amide bonds. The van der Waals surface area contributed by atoms with Gasteiger partial charge in [-0.2, -0.15) is 0 Å². The number of anilines is 1. The fourth-order valence-corrected chi connectivity index (χ4v) is 4.02. The van der Waals surface area contributed by atoms with Gasteiger partial charge in [-0.1, -0.05) is 12.8 Å². The lowest BCUT2D eigenvalue weighted by molar-refractivity contribution is -0.132. The normalized spacial score (nSPS) is 18.5. The zero-order valence-corrected chi connectivity index (χ0v) is 17.7. The van der Waals surface area contributed by atoms with E-state index in [4.69, 9.17) is 17.0 Å². The highest BCUT2D eigenvalue weighted by atomic mass is 32.1. The Balaban J connectivity index is 1.41. The molecule has 0 bridgehead atoms. The first-order valence-corrected chi connectivity index (χ1v) is 10.9. The molecule has 0 saturated carbocycles. The molecule has 2 fully saturated rings. The van der Waals surface area contributed by atoms with Crippen molar-refractivity contribution in [1.29, 1.82) is 0 Å². The second kappa shape index (κ2) is 10.6. The van der Waals surface area contributed by atoms with Gasteiger partial charge >= 0.3 is 0 Å². The predicted octanol–water partition coefficient (Wildman–Crippen LogP) is 2.80. The molecule has 154 valence electrons. The summed E-state index contributed by atoms with van der Waals surface area (Å²) in [4.78, 5) is 19.1. The molecule has 0 atom stereocenters. The van der Waals surface area contributed by atoms with Crippen LogP contribution in [0, 0.1) is 0 Å². The number of benzene rings is 1. The monoisotopic (exact) mass is 404 g/mol. The predicted molar refractivity (Wildman–Crippen MR) is 117 cm³/mol. The van der Waals surface area contributed by atoms with Crippen molar-refractivity contribution in [2.24, 2.45) is 0 Å².